The summed E-state index contributed by atoms with van der Waals surface area (Å²) in [6.45, 7) is 9.76. The Bertz CT molecular complexity index is 840. The second kappa shape index (κ2) is 10.4. The number of carboxylic acid groups (broad SMARTS) is 1. The number of nitrogens with zero attached hydrogens (tertiary/aromatic N) is 3. The van der Waals surface area contributed by atoms with Gasteiger partial charge >= 0.3 is 18.2 Å². The molecule has 33 heavy (non-hydrogen) atoms. The molecule has 2 heterocycles. The summed E-state index contributed by atoms with van der Waals surface area (Å²) < 4.78 is 10.9. The van der Waals surface area contributed by atoms with E-state index in [1.54, 1.807) is 4.90 Å². The van der Waals surface area contributed by atoms with E-state index in [2.05, 4.69) is 4.90 Å². The number of aliphatic carboxylic acids is 1. The standard InChI is InChI=1S/C24H35N3O6/c1-17-13-25(23(31)33-24(2,3)4)10-11-27(17)20-12-19(21(28)29)14-26(15-20)22(30)32-16-18-8-6-5-7-9-18/h5-9,17,19-20H,10-16H2,1-4H3,(H,28,29)/t17-,19+,20-/m0/s1. The third-order valence-corrected chi connectivity index (χ3v) is 6.04. The number of carboxylic acids is 1. The van der Waals surface area contributed by atoms with Crippen molar-refractivity contribution in [3.05, 3.63) is 35.9 Å². The number of likely N-dealkylation sites (tertiary alicyclic amines) is 1. The molecule has 2 aliphatic rings. The van der Waals surface area contributed by atoms with Crippen molar-refractivity contribution in [2.24, 2.45) is 5.92 Å². The number of ether oxygens (including phenoxy) is 2. The Hall–Kier alpha value is -2.81. The highest BCUT2D eigenvalue weighted by molar-refractivity contribution is 5.73. The van der Waals surface area contributed by atoms with Crippen LogP contribution in [0.1, 0.15) is 39.7 Å². The lowest BCUT2D eigenvalue weighted by Gasteiger charge is -2.47. The molecule has 0 aliphatic carbocycles. The topological polar surface area (TPSA) is 99.6 Å². The first-order valence-electron chi connectivity index (χ1n) is 11.5. The van der Waals surface area contributed by atoms with Gasteiger partial charge in [0.05, 0.1) is 5.92 Å². The van der Waals surface area contributed by atoms with Gasteiger partial charge in [0.2, 0.25) is 0 Å². The predicted molar refractivity (Wildman–Crippen MR) is 122 cm³/mol. The highest BCUT2D eigenvalue weighted by atomic mass is 16.6. The second-order valence-electron chi connectivity index (χ2n) is 9.88. The summed E-state index contributed by atoms with van der Waals surface area (Å²) in [5.41, 5.74) is 0.317. The Morgan fingerprint density at radius 1 is 1.00 bits per heavy atom. The maximum absolute atomic E-state index is 12.7. The van der Waals surface area contributed by atoms with Gasteiger partial charge in [0.15, 0.2) is 0 Å². The molecule has 1 N–H and O–H groups in total. The van der Waals surface area contributed by atoms with Gasteiger partial charge in [-0.1, -0.05) is 30.3 Å². The minimum atomic E-state index is -0.916. The number of hydrogen-bond donors (Lipinski definition) is 1. The van der Waals surface area contributed by atoms with Crippen molar-refractivity contribution in [1.82, 2.24) is 14.7 Å². The zero-order valence-corrected chi connectivity index (χ0v) is 19.9. The van der Waals surface area contributed by atoms with Crippen LogP contribution in [0.5, 0.6) is 0 Å². The van der Waals surface area contributed by atoms with Crippen LogP contribution < -0.4 is 0 Å². The summed E-state index contributed by atoms with van der Waals surface area (Å²) in [6, 6.07) is 9.27. The summed E-state index contributed by atoms with van der Waals surface area (Å²) in [6.07, 6.45) is -0.392. The summed E-state index contributed by atoms with van der Waals surface area (Å²) >= 11 is 0. The molecule has 3 atom stereocenters. The fourth-order valence-corrected chi connectivity index (χ4v) is 4.46. The Morgan fingerprint density at radius 3 is 2.30 bits per heavy atom. The van der Waals surface area contributed by atoms with E-state index in [4.69, 9.17) is 9.47 Å². The number of benzene rings is 1. The van der Waals surface area contributed by atoms with E-state index in [9.17, 15) is 19.5 Å². The maximum atomic E-state index is 12.7. The van der Waals surface area contributed by atoms with E-state index in [1.807, 2.05) is 58.0 Å². The van der Waals surface area contributed by atoms with E-state index >= 15 is 0 Å². The zero-order chi connectivity index (χ0) is 24.2. The molecule has 0 aromatic heterocycles. The maximum Gasteiger partial charge on any atom is 0.410 e. The number of amides is 2. The minimum Gasteiger partial charge on any atom is -0.481 e. The van der Waals surface area contributed by atoms with Gasteiger partial charge in [0, 0.05) is 44.8 Å². The summed E-state index contributed by atoms with van der Waals surface area (Å²) in [5.74, 6) is -1.58. The van der Waals surface area contributed by atoms with Gasteiger partial charge in [-0.15, -0.1) is 0 Å². The Labute approximate surface area is 195 Å². The average Bonchev–Trinajstić information content (AvgIpc) is 2.76. The molecule has 0 spiro atoms. The summed E-state index contributed by atoms with van der Waals surface area (Å²) in [5, 5.41) is 9.68. The molecule has 0 bridgehead atoms. The second-order valence-corrected chi connectivity index (χ2v) is 9.88. The third kappa shape index (κ3) is 6.83. The van der Waals surface area contributed by atoms with E-state index in [0.29, 0.717) is 32.6 Å². The Kier molecular flexibility index (Phi) is 7.84. The predicted octanol–water partition coefficient (Wildman–Crippen LogP) is 3.04. The Balaban J connectivity index is 1.62. The SMILES string of the molecule is C[C@H]1CN(C(=O)OC(C)(C)C)CCN1[C@H]1C[C@@H](C(=O)O)CN(C(=O)OCc2ccccc2)C1. The minimum absolute atomic E-state index is 0.00556. The molecule has 1 aromatic rings. The van der Waals surface area contributed by atoms with Crippen molar-refractivity contribution >= 4 is 18.2 Å². The van der Waals surface area contributed by atoms with Crippen molar-refractivity contribution in [2.45, 2.75) is 58.4 Å². The van der Waals surface area contributed by atoms with Crippen LogP contribution in [0, 0.1) is 5.92 Å². The van der Waals surface area contributed by atoms with Crippen LogP contribution in [-0.4, -0.2) is 88.4 Å². The van der Waals surface area contributed by atoms with Gasteiger partial charge in [-0.2, -0.15) is 0 Å². The van der Waals surface area contributed by atoms with Crippen molar-refractivity contribution in [3.63, 3.8) is 0 Å². The van der Waals surface area contributed by atoms with Crippen LogP contribution in [0.2, 0.25) is 0 Å². The van der Waals surface area contributed by atoms with Crippen LogP contribution in [0.4, 0.5) is 9.59 Å². The van der Waals surface area contributed by atoms with Crippen LogP contribution in [-0.2, 0) is 20.9 Å². The molecule has 0 radical (unpaired) electrons. The summed E-state index contributed by atoms with van der Waals surface area (Å²) in [4.78, 5) is 42.4. The lowest BCUT2D eigenvalue weighted by Crippen LogP contribution is -2.62. The lowest BCUT2D eigenvalue weighted by atomic mass is 9.92. The van der Waals surface area contributed by atoms with Crippen LogP contribution >= 0.6 is 0 Å². The molecule has 0 saturated carbocycles. The number of carbonyl (C=O) groups excluding carboxylic acids is 2. The molecule has 9 heteroatoms. The van der Waals surface area contributed by atoms with Gasteiger partial charge in [-0.3, -0.25) is 9.69 Å². The molecule has 182 valence electrons. The number of piperidine rings is 1. The first-order chi connectivity index (χ1) is 15.5. The van der Waals surface area contributed by atoms with E-state index in [-0.39, 0.29) is 31.3 Å². The number of piperazine rings is 1. The van der Waals surface area contributed by atoms with Crippen molar-refractivity contribution in [1.29, 1.82) is 0 Å². The lowest BCUT2D eigenvalue weighted by molar-refractivity contribution is -0.144. The van der Waals surface area contributed by atoms with E-state index in [1.165, 1.54) is 4.90 Å². The number of rotatable bonds is 4. The monoisotopic (exact) mass is 461 g/mol. The smallest absolute Gasteiger partial charge is 0.410 e. The molecular weight excluding hydrogens is 426 g/mol. The average molecular weight is 462 g/mol. The number of carbonyl (C=O) groups is 3. The molecule has 2 aliphatic heterocycles. The first kappa shape index (κ1) is 24.8. The van der Waals surface area contributed by atoms with E-state index in [0.717, 1.165) is 5.56 Å². The highest BCUT2D eigenvalue weighted by Crippen LogP contribution is 2.26. The fourth-order valence-electron chi connectivity index (χ4n) is 4.46. The molecular formula is C24H35N3O6. The zero-order valence-electron chi connectivity index (χ0n) is 19.9. The third-order valence-electron chi connectivity index (χ3n) is 6.04. The van der Waals surface area contributed by atoms with Gasteiger partial charge in [0.25, 0.3) is 0 Å². The van der Waals surface area contributed by atoms with Crippen molar-refractivity contribution in [3.8, 4) is 0 Å². The van der Waals surface area contributed by atoms with Gasteiger partial charge in [-0.05, 0) is 39.7 Å². The highest BCUT2D eigenvalue weighted by Gasteiger charge is 2.40. The molecule has 1 aromatic carbocycles. The normalized spacial score (nSPS) is 24.3. The molecule has 0 unspecified atom stereocenters. The Morgan fingerprint density at radius 2 is 1.70 bits per heavy atom. The van der Waals surface area contributed by atoms with E-state index < -0.39 is 23.6 Å². The molecule has 2 fully saturated rings. The molecule has 2 amide bonds. The molecule has 3 rings (SSSR count). The largest absolute Gasteiger partial charge is 0.481 e. The van der Waals surface area contributed by atoms with Crippen LogP contribution in [0.15, 0.2) is 30.3 Å². The number of hydrogen-bond acceptors (Lipinski definition) is 6. The van der Waals surface area contributed by atoms with Crippen LogP contribution in [0.3, 0.4) is 0 Å². The first-order valence-corrected chi connectivity index (χ1v) is 11.5. The van der Waals surface area contributed by atoms with Crippen molar-refractivity contribution in [2.75, 3.05) is 32.7 Å². The fraction of sp³-hybridized carbons (Fsp3) is 0.625. The van der Waals surface area contributed by atoms with Gasteiger partial charge in [0.1, 0.15) is 12.2 Å². The van der Waals surface area contributed by atoms with Gasteiger partial charge in [-0.25, -0.2) is 9.59 Å². The van der Waals surface area contributed by atoms with Gasteiger partial charge < -0.3 is 24.4 Å². The molecule has 2 saturated heterocycles. The van der Waals surface area contributed by atoms with Crippen LogP contribution in [0.25, 0.3) is 0 Å². The summed E-state index contributed by atoms with van der Waals surface area (Å²) in [7, 11) is 0. The van der Waals surface area contributed by atoms with Crippen molar-refractivity contribution < 1.29 is 29.0 Å². The molecule has 9 nitrogen and oxygen atoms in total. The quantitative estimate of drug-likeness (QED) is 0.736.